The molecule has 0 fully saturated rings. The fourth-order valence-corrected chi connectivity index (χ4v) is 4.26. The van der Waals surface area contributed by atoms with E-state index in [0.29, 0.717) is 28.6 Å². The Kier molecular flexibility index (Phi) is 8.15. The zero-order valence-electron chi connectivity index (χ0n) is 18.0. The standard InChI is InChI=1S/C22H29ClN2O4S/c1-15(2)12-20(17-7-10-19(29-4)11-8-17)24-22(26)14-25(30(5,27)28)21-13-18(23)9-6-16(21)3/h6-11,13,15,20H,12,14H2,1-5H3,(H,24,26)/t20-/m1/s1. The van der Waals surface area contributed by atoms with Gasteiger partial charge in [0.2, 0.25) is 15.9 Å². The van der Waals surface area contributed by atoms with Gasteiger partial charge in [-0.05, 0) is 54.7 Å². The molecule has 0 saturated heterocycles. The van der Waals surface area contributed by atoms with Crippen LogP contribution in [-0.4, -0.2) is 34.2 Å². The van der Waals surface area contributed by atoms with E-state index >= 15 is 0 Å². The summed E-state index contributed by atoms with van der Waals surface area (Å²) >= 11 is 6.06. The molecule has 2 aromatic carbocycles. The number of halogens is 1. The minimum atomic E-state index is -3.69. The Morgan fingerprint density at radius 2 is 1.80 bits per heavy atom. The average molecular weight is 453 g/mol. The molecular weight excluding hydrogens is 424 g/mol. The lowest BCUT2D eigenvalue weighted by Crippen LogP contribution is -2.42. The fraction of sp³-hybridized carbons (Fsp3) is 0.409. The number of benzene rings is 2. The van der Waals surface area contributed by atoms with Gasteiger partial charge in [-0.15, -0.1) is 0 Å². The molecule has 2 aromatic rings. The second-order valence-electron chi connectivity index (χ2n) is 7.72. The second-order valence-corrected chi connectivity index (χ2v) is 10.1. The van der Waals surface area contributed by atoms with Gasteiger partial charge in [-0.3, -0.25) is 9.10 Å². The van der Waals surface area contributed by atoms with E-state index in [1.54, 1.807) is 32.2 Å². The largest absolute Gasteiger partial charge is 0.497 e. The molecule has 0 spiro atoms. The number of aryl methyl sites for hydroxylation is 1. The summed E-state index contributed by atoms with van der Waals surface area (Å²) in [7, 11) is -2.09. The van der Waals surface area contributed by atoms with Crippen LogP contribution < -0.4 is 14.4 Å². The molecule has 0 aliphatic carbocycles. The molecular formula is C22H29ClN2O4S. The number of sulfonamides is 1. The average Bonchev–Trinajstić information content (AvgIpc) is 2.66. The molecule has 8 heteroatoms. The molecule has 6 nitrogen and oxygen atoms in total. The molecule has 1 N–H and O–H groups in total. The highest BCUT2D eigenvalue weighted by atomic mass is 35.5. The van der Waals surface area contributed by atoms with Gasteiger partial charge in [-0.25, -0.2) is 8.42 Å². The smallest absolute Gasteiger partial charge is 0.241 e. The number of ether oxygens (including phenoxy) is 1. The molecule has 1 atom stereocenters. The van der Waals surface area contributed by atoms with Crippen LogP contribution in [-0.2, 0) is 14.8 Å². The molecule has 1 amide bonds. The first-order valence-corrected chi connectivity index (χ1v) is 11.9. The molecule has 164 valence electrons. The van der Waals surface area contributed by atoms with Crippen molar-refractivity contribution in [2.75, 3.05) is 24.2 Å². The molecule has 2 rings (SSSR count). The quantitative estimate of drug-likeness (QED) is 0.614. The third kappa shape index (κ3) is 6.64. The number of hydrogen-bond acceptors (Lipinski definition) is 4. The Bertz CT molecular complexity index is 975. The predicted molar refractivity (Wildman–Crippen MR) is 122 cm³/mol. The number of hydrogen-bond donors (Lipinski definition) is 1. The Morgan fingerprint density at radius 1 is 1.17 bits per heavy atom. The van der Waals surface area contributed by atoms with Gasteiger partial charge in [-0.1, -0.05) is 43.6 Å². The summed E-state index contributed by atoms with van der Waals surface area (Å²) in [4.78, 5) is 12.9. The third-order valence-corrected chi connectivity index (χ3v) is 6.05. The molecule has 0 unspecified atom stereocenters. The minimum absolute atomic E-state index is 0.245. The van der Waals surface area contributed by atoms with E-state index < -0.39 is 10.0 Å². The number of methoxy groups -OCH3 is 1. The Hall–Kier alpha value is -2.25. The maximum atomic E-state index is 12.9. The van der Waals surface area contributed by atoms with Crippen molar-refractivity contribution in [3.8, 4) is 5.75 Å². The van der Waals surface area contributed by atoms with Crippen molar-refractivity contribution >= 4 is 33.2 Å². The van der Waals surface area contributed by atoms with E-state index in [-0.39, 0.29) is 18.5 Å². The molecule has 0 heterocycles. The van der Waals surface area contributed by atoms with Crippen molar-refractivity contribution in [2.45, 2.75) is 33.2 Å². The summed E-state index contributed by atoms with van der Waals surface area (Å²) < 4.78 is 31.1. The van der Waals surface area contributed by atoms with Crippen LogP contribution in [0.25, 0.3) is 0 Å². The summed E-state index contributed by atoms with van der Waals surface area (Å²) in [6.07, 6.45) is 1.79. The molecule has 0 aromatic heterocycles. The summed E-state index contributed by atoms with van der Waals surface area (Å²) in [6.45, 7) is 5.59. The number of carbonyl (C=O) groups is 1. The van der Waals surface area contributed by atoms with Crippen molar-refractivity contribution in [3.05, 3.63) is 58.6 Å². The van der Waals surface area contributed by atoms with Gasteiger partial charge in [0, 0.05) is 5.02 Å². The molecule has 30 heavy (non-hydrogen) atoms. The summed E-state index contributed by atoms with van der Waals surface area (Å²) in [6, 6.07) is 12.2. The molecule has 0 saturated carbocycles. The lowest BCUT2D eigenvalue weighted by Gasteiger charge is -2.26. The summed E-state index contributed by atoms with van der Waals surface area (Å²) in [5.74, 6) is 0.674. The van der Waals surface area contributed by atoms with E-state index in [9.17, 15) is 13.2 Å². The number of anilines is 1. The normalized spacial score (nSPS) is 12.5. The summed E-state index contributed by atoms with van der Waals surface area (Å²) in [5.41, 5.74) is 2.04. The van der Waals surface area contributed by atoms with Crippen molar-refractivity contribution < 1.29 is 17.9 Å². The van der Waals surface area contributed by atoms with Crippen LogP contribution in [0, 0.1) is 12.8 Å². The van der Waals surface area contributed by atoms with Crippen LogP contribution in [0.4, 0.5) is 5.69 Å². The number of nitrogens with zero attached hydrogens (tertiary/aromatic N) is 1. The van der Waals surface area contributed by atoms with Gasteiger partial charge in [0.05, 0.1) is 25.1 Å². The topological polar surface area (TPSA) is 75.7 Å². The fourth-order valence-electron chi connectivity index (χ4n) is 3.19. The zero-order valence-corrected chi connectivity index (χ0v) is 19.5. The predicted octanol–water partition coefficient (Wildman–Crippen LogP) is 4.33. The molecule has 0 bridgehead atoms. The van der Waals surface area contributed by atoms with Gasteiger partial charge < -0.3 is 10.1 Å². The van der Waals surface area contributed by atoms with E-state index in [2.05, 4.69) is 19.2 Å². The first kappa shape index (κ1) is 24.0. The molecule has 0 radical (unpaired) electrons. The SMILES string of the molecule is COc1ccc([C@@H](CC(C)C)NC(=O)CN(c2cc(Cl)ccc2C)S(C)(=O)=O)cc1. The van der Waals surface area contributed by atoms with Crippen molar-refractivity contribution in [1.82, 2.24) is 5.32 Å². The zero-order chi connectivity index (χ0) is 22.5. The lowest BCUT2D eigenvalue weighted by molar-refractivity contribution is -0.120. The van der Waals surface area contributed by atoms with E-state index in [1.165, 1.54) is 0 Å². The third-order valence-electron chi connectivity index (χ3n) is 4.69. The van der Waals surface area contributed by atoms with Gasteiger partial charge >= 0.3 is 0 Å². The Balaban J connectivity index is 2.27. The highest BCUT2D eigenvalue weighted by molar-refractivity contribution is 7.92. The van der Waals surface area contributed by atoms with Crippen LogP contribution in [0.1, 0.15) is 37.4 Å². The monoisotopic (exact) mass is 452 g/mol. The minimum Gasteiger partial charge on any atom is -0.497 e. The van der Waals surface area contributed by atoms with Crippen LogP contribution in [0.5, 0.6) is 5.75 Å². The number of nitrogens with one attached hydrogen (secondary N) is 1. The number of amides is 1. The van der Waals surface area contributed by atoms with Crippen LogP contribution in [0.3, 0.4) is 0 Å². The van der Waals surface area contributed by atoms with Crippen molar-refractivity contribution in [3.63, 3.8) is 0 Å². The number of rotatable bonds is 9. The molecule has 0 aliphatic rings. The maximum Gasteiger partial charge on any atom is 0.241 e. The highest BCUT2D eigenvalue weighted by Gasteiger charge is 2.24. The highest BCUT2D eigenvalue weighted by Crippen LogP contribution is 2.27. The summed E-state index contributed by atoms with van der Waals surface area (Å²) in [5, 5.41) is 3.39. The van der Waals surface area contributed by atoms with Crippen molar-refractivity contribution in [2.24, 2.45) is 5.92 Å². The van der Waals surface area contributed by atoms with E-state index in [1.807, 2.05) is 24.3 Å². The van der Waals surface area contributed by atoms with Gasteiger partial charge in [0.25, 0.3) is 0 Å². The first-order valence-electron chi connectivity index (χ1n) is 9.68. The molecule has 0 aliphatic heterocycles. The van der Waals surface area contributed by atoms with Crippen LogP contribution in [0.2, 0.25) is 5.02 Å². The van der Waals surface area contributed by atoms with Gasteiger partial charge in [0.15, 0.2) is 0 Å². The van der Waals surface area contributed by atoms with Crippen molar-refractivity contribution in [1.29, 1.82) is 0 Å². The lowest BCUT2D eigenvalue weighted by atomic mass is 9.97. The second kappa shape index (κ2) is 10.2. The van der Waals surface area contributed by atoms with Crippen LogP contribution in [0.15, 0.2) is 42.5 Å². The first-order chi connectivity index (χ1) is 14.0. The van der Waals surface area contributed by atoms with E-state index in [4.69, 9.17) is 16.3 Å². The van der Waals surface area contributed by atoms with Crippen LogP contribution >= 0.6 is 11.6 Å². The Morgan fingerprint density at radius 3 is 2.33 bits per heavy atom. The number of carbonyl (C=O) groups excluding carboxylic acids is 1. The Labute approximate surface area is 184 Å². The van der Waals surface area contributed by atoms with Gasteiger partial charge in [0.1, 0.15) is 12.3 Å². The van der Waals surface area contributed by atoms with E-state index in [0.717, 1.165) is 21.9 Å². The van der Waals surface area contributed by atoms with Gasteiger partial charge in [-0.2, -0.15) is 0 Å². The maximum absolute atomic E-state index is 12.9.